The lowest BCUT2D eigenvalue weighted by atomic mass is 9.96. The Bertz CT molecular complexity index is 1080. The van der Waals surface area contributed by atoms with Crippen LogP contribution in [0.3, 0.4) is 0 Å². The molecule has 0 atom stereocenters. The van der Waals surface area contributed by atoms with Gasteiger partial charge in [-0.1, -0.05) is 0 Å². The first-order valence-corrected chi connectivity index (χ1v) is 9.86. The van der Waals surface area contributed by atoms with Crippen LogP contribution in [0.1, 0.15) is 36.6 Å². The molecule has 3 aromatic rings. The average Bonchev–Trinajstić information content (AvgIpc) is 3.43. The van der Waals surface area contributed by atoms with Gasteiger partial charge in [0.25, 0.3) is 0 Å². The number of aliphatic carboxylic acids is 1. The molecule has 0 unspecified atom stereocenters. The predicted molar refractivity (Wildman–Crippen MR) is 110 cm³/mol. The Balaban J connectivity index is 1.92. The Morgan fingerprint density at radius 1 is 1.34 bits per heavy atom. The number of carboxylic acid groups (broad SMARTS) is 1. The number of hydrogen-bond acceptors (Lipinski definition) is 5. The lowest BCUT2D eigenvalue weighted by Crippen LogP contribution is -2.06. The zero-order chi connectivity index (χ0) is 20.4. The van der Waals surface area contributed by atoms with E-state index in [1.165, 1.54) is 12.8 Å². The van der Waals surface area contributed by atoms with Crippen LogP contribution < -0.4 is 0 Å². The number of ether oxygens (including phenoxy) is 1. The molecule has 4 rings (SSSR count). The van der Waals surface area contributed by atoms with Crippen molar-refractivity contribution in [2.75, 3.05) is 6.61 Å². The number of nitrogens with zero attached hydrogens (tertiary/aromatic N) is 4. The number of rotatable bonds is 8. The molecular weight excluding hydrogens is 368 g/mol. The largest absolute Gasteiger partial charge is 0.478 e. The summed E-state index contributed by atoms with van der Waals surface area (Å²) in [5.41, 5.74) is 5.02. The Morgan fingerprint density at radius 3 is 2.86 bits per heavy atom. The van der Waals surface area contributed by atoms with Gasteiger partial charge in [-0.2, -0.15) is 5.10 Å². The minimum atomic E-state index is -1.01. The average molecular weight is 392 g/mol. The van der Waals surface area contributed by atoms with E-state index in [0.29, 0.717) is 31.4 Å². The second-order valence-corrected chi connectivity index (χ2v) is 7.43. The van der Waals surface area contributed by atoms with Crippen LogP contribution in [-0.2, 0) is 22.7 Å². The first-order chi connectivity index (χ1) is 14.1. The summed E-state index contributed by atoms with van der Waals surface area (Å²) < 4.78 is 7.76. The molecule has 0 saturated heterocycles. The second kappa shape index (κ2) is 8.13. The summed E-state index contributed by atoms with van der Waals surface area (Å²) in [5.74, 6) is -0.370. The number of carbonyl (C=O) groups is 1. The molecule has 0 bridgehead atoms. The molecule has 0 radical (unpaired) electrons. The highest BCUT2D eigenvalue weighted by atomic mass is 16.5. The normalized spacial score (nSPS) is 14.1. The number of aryl methyl sites for hydroxylation is 2. The van der Waals surface area contributed by atoms with E-state index in [-0.39, 0.29) is 0 Å². The van der Waals surface area contributed by atoms with Crippen molar-refractivity contribution in [2.24, 2.45) is 5.92 Å². The Morgan fingerprint density at radius 2 is 2.17 bits per heavy atom. The fourth-order valence-corrected chi connectivity index (χ4v) is 3.44. The highest BCUT2D eigenvalue weighted by Crippen LogP contribution is 2.35. The highest BCUT2D eigenvalue weighted by Gasteiger charge is 2.23. The molecule has 1 saturated carbocycles. The van der Waals surface area contributed by atoms with Gasteiger partial charge in [0.15, 0.2) is 5.65 Å². The smallest absolute Gasteiger partial charge is 0.328 e. The van der Waals surface area contributed by atoms with Gasteiger partial charge < -0.3 is 9.84 Å². The van der Waals surface area contributed by atoms with Gasteiger partial charge >= 0.3 is 5.97 Å². The summed E-state index contributed by atoms with van der Waals surface area (Å²) in [6.07, 6.45) is 10.5. The van der Waals surface area contributed by atoms with Crippen LogP contribution in [-0.4, -0.2) is 37.4 Å². The van der Waals surface area contributed by atoms with Crippen molar-refractivity contribution in [3.63, 3.8) is 0 Å². The van der Waals surface area contributed by atoms with Crippen LogP contribution in [0.5, 0.6) is 0 Å². The highest BCUT2D eigenvalue weighted by molar-refractivity contribution is 5.99. The third kappa shape index (κ3) is 4.19. The fraction of sp³-hybridized carbons (Fsp3) is 0.364. The molecule has 29 heavy (non-hydrogen) atoms. The van der Waals surface area contributed by atoms with Crippen LogP contribution in [0.25, 0.3) is 28.2 Å². The van der Waals surface area contributed by atoms with Gasteiger partial charge in [0.1, 0.15) is 0 Å². The lowest BCUT2D eigenvalue weighted by molar-refractivity contribution is -0.131. The first-order valence-electron chi connectivity index (χ1n) is 9.86. The number of fused-ring (bicyclic) bond motifs is 1. The van der Waals surface area contributed by atoms with Crippen LogP contribution in [0.4, 0.5) is 0 Å². The summed E-state index contributed by atoms with van der Waals surface area (Å²) in [4.78, 5) is 20.4. The number of aromatic nitrogens is 4. The summed E-state index contributed by atoms with van der Waals surface area (Å²) in [5, 5.41) is 14.6. The molecule has 0 aliphatic heterocycles. The zero-order valence-electron chi connectivity index (χ0n) is 16.6. The van der Waals surface area contributed by atoms with Crippen molar-refractivity contribution >= 4 is 23.1 Å². The molecular formula is C22H24N4O3. The van der Waals surface area contributed by atoms with E-state index < -0.39 is 5.97 Å². The van der Waals surface area contributed by atoms with Crippen molar-refractivity contribution < 1.29 is 14.6 Å². The maximum Gasteiger partial charge on any atom is 0.328 e. The van der Waals surface area contributed by atoms with Gasteiger partial charge in [0.05, 0.1) is 18.5 Å². The van der Waals surface area contributed by atoms with E-state index in [0.717, 1.165) is 39.4 Å². The number of pyridine rings is 2. The molecule has 3 aromatic heterocycles. The van der Waals surface area contributed by atoms with Crippen molar-refractivity contribution in [3.8, 4) is 11.1 Å². The SMILES string of the molecule is CCn1ncc2c(-c3cncc(C)c3)c(C=CC(=O)O)c(COCC3CC3)nc21. The molecule has 3 heterocycles. The molecule has 1 fully saturated rings. The third-order valence-electron chi connectivity index (χ3n) is 5.05. The van der Waals surface area contributed by atoms with E-state index in [1.807, 2.05) is 24.6 Å². The van der Waals surface area contributed by atoms with Gasteiger partial charge in [-0.05, 0) is 50.3 Å². The zero-order valence-corrected chi connectivity index (χ0v) is 16.6. The van der Waals surface area contributed by atoms with Crippen LogP contribution in [0.2, 0.25) is 0 Å². The Labute approximate surface area is 169 Å². The lowest BCUT2D eigenvalue weighted by Gasteiger charge is -2.14. The number of carboxylic acids is 1. The van der Waals surface area contributed by atoms with Crippen LogP contribution in [0, 0.1) is 12.8 Å². The van der Waals surface area contributed by atoms with Gasteiger partial charge in [0.2, 0.25) is 0 Å². The molecule has 1 N–H and O–H groups in total. The quantitative estimate of drug-likeness (QED) is 0.586. The van der Waals surface area contributed by atoms with E-state index in [4.69, 9.17) is 9.72 Å². The minimum absolute atomic E-state index is 0.326. The summed E-state index contributed by atoms with van der Waals surface area (Å²) >= 11 is 0. The van der Waals surface area contributed by atoms with Crippen molar-refractivity contribution in [3.05, 3.63) is 47.6 Å². The summed E-state index contributed by atoms with van der Waals surface area (Å²) in [7, 11) is 0. The first kappa shape index (κ1) is 19.3. The Hall–Kier alpha value is -3.06. The van der Waals surface area contributed by atoms with Crippen molar-refractivity contribution in [2.45, 2.75) is 39.8 Å². The van der Waals surface area contributed by atoms with Gasteiger partial charge in [-0.25, -0.2) is 14.5 Å². The summed E-state index contributed by atoms with van der Waals surface area (Å²) in [6, 6.07) is 2.04. The molecule has 1 aliphatic carbocycles. The molecule has 150 valence electrons. The fourth-order valence-electron chi connectivity index (χ4n) is 3.44. The number of hydrogen-bond donors (Lipinski definition) is 1. The monoisotopic (exact) mass is 392 g/mol. The van der Waals surface area contributed by atoms with E-state index in [9.17, 15) is 9.90 Å². The molecule has 0 aromatic carbocycles. The predicted octanol–water partition coefficient (Wildman–Crippen LogP) is 3.85. The van der Waals surface area contributed by atoms with Crippen LogP contribution >= 0.6 is 0 Å². The van der Waals surface area contributed by atoms with Gasteiger partial charge in [-0.3, -0.25) is 4.98 Å². The maximum atomic E-state index is 11.2. The second-order valence-electron chi connectivity index (χ2n) is 7.43. The molecule has 7 heteroatoms. The molecule has 0 amide bonds. The van der Waals surface area contributed by atoms with Gasteiger partial charge in [-0.15, -0.1) is 0 Å². The third-order valence-corrected chi connectivity index (χ3v) is 5.05. The Kier molecular flexibility index (Phi) is 5.40. The molecule has 0 spiro atoms. The van der Waals surface area contributed by atoms with E-state index in [1.54, 1.807) is 24.7 Å². The van der Waals surface area contributed by atoms with Gasteiger partial charge in [0, 0.05) is 53.7 Å². The summed E-state index contributed by atoms with van der Waals surface area (Å²) in [6.45, 7) is 5.72. The van der Waals surface area contributed by atoms with E-state index in [2.05, 4.69) is 10.1 Å². The maximum absolute atomic E-state index is 11.2. The van der Waals surface area contributed by atoms with Crippen molar-refractivity contribution in [1.29, 1.82) is 0 Å². The van der Waals surface area contributed by atoms with E-state index >= 15 is 0 Å². The van der Waals surface area contributed by atoms with Crippen molar-refractivity contribution in [1.82, 2.24) is 19.7 Å². The molecule has 7 nitrogen and oxygen atoms in total. The minimum Gasteiger partial charge on any atom is -0.478 e. The van der Waals surface area contributed by atoms with Crippen LogP contribution in [0.15, 0.2) is 30.7 Å². The molecule has 1 aliphatic rings. The standard InChI is InChI=1S/C22H24N4O3/c1-3-26-22-18(11-24-26)21(16-8-14(2)9-23-10-16)17(6-7-20(27)28)19(25-22)13-29-12-15-4-5-15/h6-11,15H,3-5,12-13H2,1-2H3,(H,27,28). The topological polar surface area (TPSA) is 90.1 Å².